The molecule has 21 heavy (non-hydrogen) atoms. The number of Topliss-reactive ketones (excluding diaryl/α,β-unsaturated/α-hetero) is 1. The summed E-state index contributed by atoms with van der Waals surface area (Å²) in [5.74, 6) is 0.705. The first-order chi connectivity index (χ1) is 9.60. The van der Waals surface area contributed by atoms with Crippen LogP contribution in [0.2, 0.25) is 0 Å². The summed E-state index contributed by atoms with van der Waals surface area (Å²) in [5.41, 5.74) is 0.379. The third-order valence-corrected chi connectivity index (χ3v) is 7.26. The van der Waals surface area contributed by atoms with Crippen LogP contribution in [0.4, 0.5) is 0 Å². The third kappa shape index (κ3) is 2.00. The van der Waals surface area contributed by atoms with E-state index in [-0.39, 0.29) is 22.4 Å². The molecule has 3 aliphatic rings. The summed E-state index contributed by atoms with van der Waals surface area (Å²) < 4.78 is 0. The molecule has 3 rings (SSSR count). The topological polar surface area (TPSA) is 57.5 Å². The number of allylic oxidation sites excluding steroid dienone is 2. The zero-order valence-corrected chi connectivity index (χ0v) is 13.7. The van der Waals surface area contributed by atoms with Crippen molar-refractivity contribution >= 4 is 5.78 Å². The molecule has 0 bridgehead atoms. The van der Waals surface area contributed by atoms with E-state index in [2.05, 4.69) is 13.8 Å². The van der Waals surface area contributed by atoms with Crippen LogP contribution >= 0.6 is 0 Å². The third-order valence-electron chi connectivity index (χ3n) is 7.26. The molecular formula is C18H28O3. The Hall–Kier alpha value is -0.830. The lowest BCUT2D eigenvalue weighted by Crippen LogP contribution is -2.56. The minimum atomic E-state index is -0.552. The van der Waals surface area contributed by atoms with Crippen molar-refractivity contribution in [3.05, 3.63) is 11.3 Å². The van der Waals surface area contributed by atoms with E-state index in [0.717, 1.165) is 37.7 Å². The smallest absolute Gasteiger partial charge is 0.197 e. The summed E-state index contributed by atoms with van der Waals surface area (Å²) in [6.07, 6.45) is 5.20. The lowest BCUT2D eigenvalue weighted by atomic mass is 9.43. The first kappa shape index (κ1) is 15.1. The molecule has 0 aliphatic heterocycles. The highest BCUT2D eigenvalue weighted by molar-refractivity contribution is 5.95. The Morgan fingerprint density at radius 1 is 1.14 bits per heavy atom. The van der Waals surface area contributed by atoms with Gasteiger partial charge in [-0.15, -0.1) is 0 Å². The predicted molar refractivity (Wildman–Crippen MR) is 81.9 cm³/mol. The maximum absolute atomic E-state index is 12.2. The summed E-state index contributed by atoms with van der Waals surface area (Å²) in [4.78, 5) is 12.2. The van der Waals surface area contributed by atoms with Gasteiger partial charge in [0.2, 0.25) is 0 Å². The lowest BCUT2D eigenvalue weighted by Gasteiger charge is -2.61. The van der Waals surface area contributed by atoms with Crippen molar-refractivity contribution in [1.29, 1.82) is 0 Å². The van der Waals surface area contributed by atoms with Crippen LogP contribution in [-0.4, -0.2) is 21.6 Å². The molecule has 2 saturated carbocycles. The standard InChI is InChI=1S/C18H28O3/c1-11-15(20)13(19)9-14-17(11,3)6-5-12-10-16(2,21)7-8-18(12,14)4/h12,14,20-21H,5-10H2,1-4H3/t12-,14-,16-,17+,18-/m1/s1. The summed E-state index contributed by atoms with van der Waals surface area (Å²) in [6.45, 7) is 8.42. The first-order valence-electron chi connectivity index (χ1n) is 8.26. The molecule has 0 amide bonds. The van der Waals surface area contributed by atoms with Crippen molar-refractivity contribution in [2.75, 3.05) is 0 Å². The van der Waals surface area contributed by atoms with Gasteiger partial charge in [0.1, 0.15) is 0 Å². The average molecular weight is 292 g/mol. The van der Waals surface area contributed by atoms with Gasteiger partial charge in [-0.2, -0.15) is 0 Å². The SMILES string of the molecule is CC1=C(O)C(=O)C[C@H]2[C@]3(C)CC[C@@](C)(O)C[C@H]3CC[C@@]12C. The van der Waals surface area contributed by atoms with Crippen LogP contribution in [0.3, 0.4) is 0 Å². The van der Waals surface area contributed by atoms with E-state index in [9.17, 15) is 15.0 Å². The monoisotopic (exact) mass is 292 g/mol. The van der Waals surface area contributed by atoms with E-state index in [0.29, 0.717) is 18.3 Å². The van der Waals surface area contributed by atoms with Gasteiger partial charge in [0.25, 0.3) is 0 Å². The molecule has 2 fully saturated rings. The molecule has 0 spiro atoms. The number of rotatable bonds is 0. The largest absolute Gasteiger partial charge is 0.504 e. The number of carbonyl (C=O) groups excluding carboxylic acids is 1. The molecule has 3 nitrogen and oxygen atoms in total. The molecule has 0 unspecified atom stereocenters. The minimum absolute atomic E-state index is 0.0126. The maximum Gasteiger partial charge on any atom is 0.197 e. The molecule has 0 aromatic rings. The van der Waals surface area contributed by atoms with Crippen LogP contribution in [0.5, 0.6) is 0 Å². The van der Waals surface area contributed by atoms with Crippen molar-refractivity contribution in [2.45, 2.75) is 71.8 Å². The molecule has 0 aromatic heterocycles. The number of aliphatic hydroxyl groups excluding tert-OH is 1. The molecule has 118 valence electrons. The number of aliphatic hydroxyl groups is 2. The Balaban J connectivity index is 2.02. The van der Waals surface area contributed by atoms with Crippen molar-refractivity contribution in [3.63, 3.8) is 0 Å². The van der Waals surface area contributed by atoms with E-state index in [4.69, 9.17) is 0 Å². The van der Waals surface area contributed by atoms with Crippen LogP contribution in [0.1, 0.15) is 66.2 Å². The Morgan fingerprint density at radius 2 is 1.81 bits per heavy atom. The molecule has 0 saturated heterocycles. The molecule has 0 radical (unpaired) electrons. The fraction of sp³-hybridized carbons (Fsp3) is 0.833. The second kappa shape index (κ2) is 4.34. The average Bonchev–Trinajstić information content (AvgIpc) is 2.41. The zero-order chi connectivity index (χ0) is 15.6. The van der Waals surface area contributed by atoms with Crippen LogP contribution < -0.4 is 0 Å². The van der Waals surface area contributed by atoms with Crippen molar-refractivity contribution in [1.82, 2.24) is 0 Å². The molecular weight excluding hydrogens is 264 g/mol. The first-order valence-corrected chi connectivity index (χ1v) is 8.26. The normalized spacial score (nSPS) is 50.6. The fourth-order valence-corrected chi connectivity index (χ4v) is 5.54. The van der Waals surface area contributed by atoms with E-state index in [1.165, 1.54) is 0 Å². The van der Waals surface area contributed by atoms with E-state index < -0.39 is 5.60 Å². The number of hydrogen-bond acceptors (Lipinski definition) is 3. The highest BCUT2D eigenvalue weighted by atomic mass is 16.3. The van der Waals surface area contributed by atoms with Gasteiger partial charge in [-0.1, -0.05) is 13.8 Å². The summed E-state index contributed by atoms with van der Waals surface area (Å²) >= 11 is 0. The molecule has 5 atom stereocenters. The molecule has 2 N–H and O–H groups in total. The van der Waals surface area contributed by atoms with Gasteiger partial charge < -0.3 is 10.2 Å². The highest BCUT2D eigenvalue weighted by Gasteiger charge is 2.59. The van der Waals surface area contributed by atoms with Crippen molar-refractivity contribution < 1.29 is 15.0 Å². The van der Waals surface area contributed by atoms with Gasteiger partial charge in [-0.3, -0.25) is 4.79 Å². The van der Waals surface area contributed by atoms with Gasteiger partial charge in [0.15, 0.2) is 11.5 Å². The van der Waals surface area contributed by atoms with Gasteiger partial charge in [-0.25, -0.2) is 0 Å². The van der Waals surface area contributed by atoms with Crippen LogP contribution in [0, 0.1) is 22.7 Å². The molecule has 0 aromatic carbocycles. The van der Waals surface area contributed by atoms with Gasteiger partial charge in [0.05, 0.1) is 5.60 Å². The summed E-state index contributed by atoms with van der Waals surface area (Å²) in [7, 11) is 0. The Labute approximate surface area is 127 Å². The number of carbonyl (C=O) groups is 1. The predicted octanol–water partition coefficient (Wildman–Crippen LogP) is 3.76. The van der Waals surface area contributed by atoms with Gasteiger partial charge in [0, 0.05) is 6.42 Å². The molecule has 0 heterocycles. The Morgan fingerprint density at radius 3 is 2.48 bits per heavy atom. The zero-order valence-electron chi connectivity index (χ0n) is 13.7. The van der Waals surface area contributed by atoms with E-state index in [1.54, 1.807) is 0 Å². The van der Waals surface area contributed by atoms with Crippen molar-refractivity contribution in [2.24, 2.45) is 22.7 Å². The second-order valence-electron chi connectivity index (χ2n) is 8.51. The highest BCUT2D eigenvalue weighted by Crippen LogP contribution is 2.65. The maximum atomic E-state index is 12.2. The second-order valence-corrected chi connectivity index (χ2v) is 8.51. The fourth-order valence-electron chi connectivity index (χ4n) is 5.54. The van der Waals surface area contributed by atoms with Gasteiger partial charge in [-0.05, 0) is 74.2 Å². The van der Waals surface area contributed by atoms with Crippen LogP contribution in [0.15, 0.2) is 11.3 Å². The summed E-state index contributed by atoms with van der Waals surface area (Å²) in [5, 5.41) is 20.5. The van der Waals surface area contributed by atoms with Crippen LogP contribution in [0.25, 0.3) is 0 Å². The quantitative estimate of drug-likeness (QED) is 0.714. The van der Waals surface area contributed by atoms with E-state index in [1.807, 2.05) is 13.8 Å². The number of ketones is 1. The Bertz CT molecular complexity index is 519. The lowest BCUT2D eigenvalue weighted by molar-refractivity contribution is -0.143. The van der Waals surface area contributed by atoms with Gasteiger partial charge >= 0.3 is 0 Å². The van der Waals surface area contributed by atoms with Crippen LogP contribution in [-0.2, 0) is 4.79 Å². The molecule has 3 aliphatic carbocycles. The Kier molecular flexibility index (Phi) is 3.12. The number of fused-ring (bicyclic) bond motifs is 3. The summed E-state index contributed by atoms with van der Waals surface area (Å²) in [6, 6.07) is 0. The van der Waals surface area contributed by atoms with E-state index >= 15 is 0 Å². The molecule has 3 heteroatoms. The minimum Gasteiger partial charge on any atom is -0.504 e. The van der Waals surface area contributed by atoms with Crippen molar-refractivity contribution in [3.8, 4) is 0 Å². The number of hydrogen-bond donors (Lipinski definition) is 2.